The lowest BCUT2D eigenvalue weighted by Crippen LogP contribution is -2.04. The largest absolute Gasteiger partial charge is 0.375 e. The summed E-state index contributed by atoms with van der Waals surface area (Å²) in [6.45, 7) is 2.43. The van der Waals surface area contributed by atoms with Gasteiger partial charge in [0.2, 0.25) is 0 Å². The van der Waals surface area contributed by atoms with Gasteiger partial charge in [0, 0.05) is 6.54 Å². The molecule has 0 fully saturated rings. The first-order valence-corrected chi connectivity index (χ1v) is 5.80. The highest BCUT2D eigenvalue weighted by molar-refractivity contribution is 5.61. The van der Waals surface area contributed by atoms with Crippen LogP contribution in [0.25, 0.3) is 0 Å². The monoisotopic (exact) mass is 260 g/mol. The molecule has 0 heterocycles. The third kappa shape index (κ3) is 3.07. The fourth-order valence-electron chi connectivity index (χ4n) is 1.80. The number of nitro groups is 1. The van der Waals surface area contributed by atoms with Crippen LogP contribution in [-0.2, 0) is 6.54 Å². The van der Waals surface area contributed by atoms with Gasteiger partial charge in [0.15, 0.2) is 0 Å². The molecule has 0 amide bonds. The molecule has 2 aromatic rings. The first kappa shape index (κ1) is 13.0. The summed E-state index contributed by atoms with van der Waals surface area (Å²) < 4.78 is 13.0. The van der Waals surface area contributed by atoms with Gasteiger partial charge in [-0.15, -0.1) is 0 Å². The zero-order valence-corrected chi connectivity index (χ0v) is 10.4. The van der Waals surface area contributed by atoms with Gasteiger partial charge >= 0.3 is 0 Å². The average molecular weight is 260 g/mol. The van der Waals surface area contributed by atoms with Crippen molar-refractivity contribution in [3.05, 3.63) is 69.5 Å². The number of anilines is 1. The minimum Gasteiger partial charge on any atom is -0.375 e. The first-order chi connectivity index (χ1) is 9.08. The lowest BCUT2D eigenvalue weighted by atomic mass is 10.1. The van der Waals surface area contributed by atoms with E-state index < -0.39 is 10.7 Å². The highest BCUT2D eigenvalue weighted by Gasteiger charge is 2.14. The molecule has 0 saturated heterocycles. The number of benzene rings is 2. The van der Waals surface area contributed by atoms with E-state index in [1.807, 2.05) is 31.2 Å². The summed E-state index contributed by atoms with van der Waals surface area (Å²) in [5, 5.41) is 13.8. The van der Waals surface area contributed by atoms with Crippen LogP contribution in [0.3, 0.4) is 0 Å². The van der Waals surface area contributed by atoms with Gasteiger partial charge in [-0.1, -0.05) is 24.3 Å². The Morgan fingerprint density at radius 2 is 2.00 bits per heavy atom. The summed E-state index contributed by atoms with van der Waals surface area (Å²) >= 11 is 0. The van der Waals surface area contributed by atoms with Crippen LogP contribution in [0.2, 0.25) is 0 Å². The summed E-state index contributed by atoms with van der Waals surface area (Å²) in [6, 6.07) is 11.2. The Morgan fingerprint density at radius 1 is 1.26 bits per heavy atom. The van der Waals surface area contributed by atoms with E-state index >= 15 is 0 Å². The third-order valence-electron chi connectivity index (χ3n) is 2.89. The maximum atomic E-state index is 13.0. The van der Waals surface area contributed by atoms with E-state index in [0.717, 1.165) is 17.2 Å². The Kier molecular flexibility index (Phi) is 3.75. The molecule has 0 aliphatic heterocycles. The molecule has 0 aliphatic carbocycles. The van der Waals surface area contributed by atoms with Crippen molar-refractivity contribution in [1.29, 1.82) is 0 Å². The second kappa shape index (κ2) is 5.48. The van der Waals surface area contributed by atoms with Gasteiger partial charge in [0.25, 0.3) is 5.69 Å². The first-order valence-electron chi connectivity index (χ1n) is 5.80. The van der Waals surface area contributed by atoms with E-state index in [2.05, 4.69) is 5.32 Å². The number of hydrogen-bond donors (Lipinski definition) is 1. The fraction of sp³-hybridized carbons (Fsp3) is 0.143. The van der Waals surface area contributed by atoms with Gasteiger partial charge in [0.05, 0.1) is 11.0 Å². The van der Waals surface area contributed by atoms with Gasteiger partial charge in [-0.3, -0.25) is 10.1 Å². The summed E-state index contributed by atoms with van der Waals surface area (Å²) in [4.78, 5) is 10.3. The minimum absolute atomic E-state index is 0.256. The molecule has 0 atom stereocenters. The van der Waals surface area contributed by atoms with E-state index in [1.54, 1.807) is 0 Å². The van der Waals surface area contributed by atoms with Crippen LogP contribution in [0.4, 0.5) is 15.8 Å². The molecule has 98 valence electrons. The van der Waals surface area contributed by atoms with E-state index in [1.165, 1.54) is 12.1 Å². The normalized spacial score (nSPS) is 10.2. The molecule has 0 bridgehead atoms. The molecular weight excluding hydrogens is 247 g/mol. The van der Waals surface area contributed by atoms with Crippen molar-refractivity contribution in [2.24, 2.45) is 0 Å². The second-order valence-corrected chi connectivity index (χ2v) is 4.20. The molecule has 0 radical (unpaired) electrons. The van der Waals surface area contributed by atoms with E-state index in [4.69, 9.17) is 0 Å². The third-order valence-corrected chi connectivity index (χ3v) is 2.89. The van der Waals surface area contributed by atoms with Crippen LogP contribution in [0.15, 0.2) is 42.5 Å². The average Bonchev–Trinajstić information content (AvgIpc) is 2.38. The van der Waals surface area contributed by atoms with Crippen molar-refractivity contribution in [1.82, 2.24) is 0 Å². The topological polar surface area (TPSA) is 55.2 Å². The van der Waals surface area contributed by atoms with Crippen molar-refractivity contribution < 1.29 is 9.31 Å². The molecular formula is C14H13FN2O2. The van der Waals surface area contributed by atoms with Crippen molar-refractivity contribution in [3.8, 4) is 0 Å². The van der Waals surface area contributed by atoms with Crippen molar-refractivity contribution in [2.45, 2.75) is 13.5 Å². The Bertz CT molecular complexity index is 614. The lowest BCUT2D eigenvalue weighted by Gasteiger charge is -2.09. The number of nitrogens with zero attached hydrogens (tertiary/aromatic N) is 1. The van der Waals surface area contributed by atoms with E-state index in [9.17, 15) is 14.5 Å². The Balaban J connectivity index is 2.20. The molecule has 0 aliphatic rings. The maximum Gasteiger partial charge on any atom is 0.295 e. The number of nitro benzene ring substituents is 1. The van der Waals surface area contributed by atoms with Crippen LogP contribution < -0.4 is 5.32 Å². The number of nitrogens with one attached hydrogen (secondary N) is 1. The molecule has 0 spiro atoms. The van der Waals surface area contributed by atoms with Crippen LogP contribution >= 0.6 is 0 Å². The minimum atomic E-state index is -0.617. The van der Waals surface area contributed by atoms with E-state index in [0.29, 0.717) is 12.2 Å². The molecule has 0 unspecified atom stereocenters. The van der Waals surface area contributed by atoms with Gasteiger partial charge in [0.1, 0.15) is 11.5 Å². The van der Waals surface area contributed by atoms with Gasteiger partial charge < -0.3 is 5.32 Å². The van der Waals surface area contributed by atoms with Crippen molar-refractivity contribution in [3.63, 3.8) is 0 Å². The van der Waals surface area contributed by atoms with Crippen LogP contribution in [0.5, 0.6) is 0 Å². The molecule has 1 N–H and O–H groups in total. The molecule has 0 saturated carbocycles. The van der Waals surface area contributed by atoms with Crippen molar-refractivity contribution in [2.75, 3.05) is 5.32 Å². The Labute approximate surface area is 110 Å². The maximum absolute atomic E-state index is 13.0. The SMILES string of the molecule is Cc1ccccc1CNc1ccc(F)cc1[N+](=O)[O-]. The quantitative estimate of drug-likeness (QED) is 0.674. The number of halogens is 1. The lowest BCUT2D eigenvalue weighted by molar-refractivity contribution is -0.384. The Hall–Kier alpha value is -2.43. The predicted molar refractivity (Wildman–Crippen MR) is 71.6 cm³/mol. The molecule has 0 aromatic heterocycles. The molecule has 5 heteroatoms. The fourth-order valence-corrected chi connectivity index (χ4v) is 1.80. The van der Waals surface area contributed by atoms with Gasteiger partial charge in [-0.05, 0) is 30.2 Å². The highest BCUT2D eigenvalue weighted by atomic mass is 19.1. The van der Waals surface area contributed by atoms with E-state index in [-0.39, 0.29) is 5.69 Å². The second-order valence-electron chi connectivity index (χ2n) is 4.20. The zero-order chi connectivity index (χ0) is 13.8. The number of aryl methyl sites for hydroxylation is 1. The summed E-state index contributed by atoms with van der Waals surface area (Å²) in [6.07, 6.45) is 0. The van der Waals surface area contributed by atoms with Crippen molar-refractivity contribution >= 4 is 11.4 Å². The molecule has 19 heavy (non-hydrogen) atoms. The standard InChI is InChI=1S/C14H13FN2O2/c1-10-4-2-3-5-11(10)9-16-13-7-6-12(15)8-14(13)17(18)19/h2-8,16H,9H2,1H3. The summed E-state index contributed by atoms with van der Waals surface area (Å²) in [7, 11) is 0. The number of rotatable bonds is 4. The summed E-state index contributed by atoms with van der Waals surface area (Å²) in [5.41, 5.74) is 2.20. The van der Waals surface area contributed by atoms with Gasteiger partial charge in [-0.2, -0.15) is 0 Å². The summed E-state index contributed by atoms with van der Waals surface area (Å²) in [5.74, 6) is -0.617. The highest BCUT2D eigenvalue weighted by Crippen LogP contribution is 2.25. The molecule has 2 rings (SSSR count). The smallest absolute Gasteiger partial charge is 0.295 e. The number of hydrogen-bond acceptors (Lipinski definition) is 3. The predicted octanol–water partition coefficient (Wildman–Crippen LogP) is 3.65. The van der Waals surface area contributed by atoms with Crippen LogP contribution in [0.1, 0.15) is 11.1 Å². The molecule has 4 nitrogen and oxygen atoms in total. The van der Waals surface area contributed by atoms with Gasteiger partial charge in [-0.25, -0.2) is 4.39 Å². The van der Waals surface area contributed by atoms with Crippen LogP contribution in [0, 0.1) is 22.9 Å². The molecule has 2 aromatic carbocycles. The van der Waals surface area contributed by atoms with Crippen LogP contribution in [-0.4, -0.2) is 4.92 Å². The zero-order valence-electron chi connectivity index (χ0n) is 10.4. The Morgan fingerprint density at radius 3 is 2.68 bits per heavy atom.